The summed E-state index contributed by atoms with van der Waals surface area (Å²) in [5.41, 5.74) is 7.18. The van der Waals surface area contributed by atoms with Crippen molar-refractivity contribution in [3.05, 3.63) is 170 Å². The van der Waals surface area contributed by atoms with Crippen molar-refractivity contribution in [2.24, 2.45) is 0 Å². The van der Waals surface area contributed by atoms with Gasteiger partial charge >= 0.3 is 0 Å². The van der Waals surface area contributed by atoms with Gasteiger partial charge in [-0.15, -0.1) is 0 Å². The summed E-state index contributed by atoms with van der Waals surface area (Å²) in [6.07, 6.45) is 0. The molecule has 8 aromatic rings. The van der Waals surface area contributed by atoms with Gasteiger partial charge in [0.2, 0.25) is 0 Å². The molecule has 0 spiro atoms. The highest BCUT2D eigenvalue weighted by molar-refractivity contribution is 6.07. The zero-order valence-corrected chi connectivity index (χ0v) is 23.7. The van der Waals surface area contributed by atoms with Crippen molar-refractivity contribution in [1.29, 1.82) is 0 Å². The minimum Gasteiger partial charge on any atom is -0.228 e. The standard InChI is InChI=1S/C42H28N2/c1-4-14-29(15-5-1)32-24-26-38(36-22-12-10-20-34(32)36)40-28-41(44-42(43-40)31-18-8-3-9-19-31)39-27-25-33(30-16-6-2-7-17-30)35-21-11-13-23-37(35)39/h1-28H/i3D,8D,9D,18D,19D. The summed E-state index contributed by atoms with van der Waals surface area (Å²) in [5, 5.41) is 4.05. The number of rotatable bonds is 5. The molecule has 8 rings (SSSR count). The second-order valence-corrected chi connectivity index (χ2v) is 10.6. The van der Waals surface area contributed by atoms with Crippen LogP contribution in [-0.2, 0) is 0 Å². The first-order valence-corrected chi connectivity index (χ1v) is 14.5. The molecule has 0 amide bonds. The molecule has 0 unspecified atom stereocenters. The quantitative estimate of drug-likeness (QED) is 0.207. The zero-order chi connectivity index (χ0) is 33.6. The summed E-state index contributed by atoms with van der Waals surface area (Å²) in [5.74, 6) is 0.0666. The van der Waals surface area contributed by atoms with Crippen LogP contribution in [0.15, 0.2) is 170 Å². The summed E-state index contributed by atoms with van der Waals surface area (Å²) in [7, 11) is 0. The van der Waals surface area contributed by atoms with Gasteiger partial charge in [0.25, 0.3) is 0 Å². The van der Waals surface area contributed by atoms with Gasteiger partial charge in [-0.3, -0.25) is 0 Å². The van der Waals surface area contributed by atoms with Gasteiger partial charge in [-0.25, -0.2) is 9.97 Å². The normalized spacial score (nSPS) is 12.8. The van der Waals surface area contributed by atoms with Gasteiger partial charge in [-0.05, 0) is 49.9 Å². The molecule has 0 fully saturated rings. The highest BCUT2D eigenvalue weighted by atomic mass is 14.9. The Labute approximate surface area is 264 Å². The van der Waals surface area contributed by atoms with Crippen LogP contribution in [0.5, 0.6) is 0 Å². The molecule has 7 aromatic carbocycles. The maximum atomic E-state index is 8.78. The monoisotopic (exact) mass is 565 g/mol. The van der Waals surface area contributed by atoms with Crippen LogP contribution in [-0.4, -0.2) is 9.97 Å². The van der Waals surface area contributed by atoms with E-state index in [1.165, 1.54) is 0 Å². The van der Waals surface area contributed by atoms with Crippen molar-refractivity contribution >= 4 is 21.5 Å². The smallest absolute Gasteiger partial charge is 0.160 e. The Morgan fingerprint density at radius 1 is 0.364 bits per heavy atom. The fourth-order valence-electron chi connectivity index (χ4n) is 5.98. The van der Waals surface area contributed by atoms with E-state index in [2.05, 4.69) is 60.7 Å². The van der Waals surface area contributed by atoms with Gasteiger partial charge in [0, 0.05) is 16.7 Å². The van der Waals surface area contributed by atoms with Gasteiger partial charge in [-0.2, -0.15) is 0 Å². The van der Waals surface area contributed by atoms with E-state index >= 15 is 0 Å². The zero-order valence-electron chi connectivity index (χ0n) is 28.7. The van der Waals surface area contributed by atoms with E-state index in [-0.39, 0.29) is 23.5 Å². The molecule has 2 nitrogen and oxygen atoms in total. The number of benzene rings is 7. The fourth-order valence-corrected chi connectivity index (χ4v) is 5.98. The molecular formula is C42H28N2. The van der Waals surface area contributed by atoms with Crippen molar-refractivity contribution in [2.75, 3.05) is 0 Å². The van der Waals surface area contributed by atoms with Crippen molar-refractivity contribution in [3.63, 3.8) is 0 Å². The van der Waals surface area contributed by atoms with E-state index in [1.54, 1.807) is 0 Å². The van der Waals surface area contributed by atoms with Crippen molar-refractivity contribution in [2.45, 2.75) is 0 Å². The van der Waals surface area contributed by atoms with Crippen LogP contribution in [0.2, 0.25) is 0 Å². The topological polar surface area (TPSA) is 25.8 Å². The number of hydrogen-bond acceptors (Lipinski definition) is 2. The Bertz CT molecular complexity index is 2380. The third kappa shape index (κ3) is 4.63. The Balaban J connectivity index is 1.42. The molecule has 0 atom stereocenters. The molecule has 0 aliphatic carbocycles. The van der Waals surface area contributed by atoms with Gasteiger partial charge in [0.1, 0.15) is 0 Å². The van der Waals surface area contributed by atoms with E-state index in [9.17, 15) is 0 Å². The predicted molar refractivity (Wildman–Crippen MR) is 184 cm³/mol. The van der Waals surface area contributed by atoms with Gasteiger partial charge < -0.3 is 0 Å². The van der Waals surface area contributed by atoms with E-state index in [4.69, 9.17) is 16.8 Å². The summed E-state index contributed by atoms with van der Waals surface area (Å²) in [4.78, 5) is 9.90. The highest BCUT2D eigenvalue weighted by Gasteiger charge is 2.17. The molecule has 2 heteroatoms. The molecule has 0 saturated heterocycles. The lowest BCUT2D eigenvalue weighted by Crippen LogP contribution is -1.97. The van der Waals surface area contributed by atoms with Crippen LogP contribution in [0.4, 0.5) is 0 Å². The summed E-state index contributed by atoms with van der Waals surface area (Å²) in [6, 6.07) is 45.0. The first-order valence-electron chi connectivity index (χ1n) is 17.0. The Morgan fingerprint density at radius 2 is 0.750 bits per heavy atom. The summed E-state index contributed by atoms with van der Waals surface area (Å²) >= 11 is 0. The van der Waals surface area contributed by atoms with Crippen LogP contribution < -0.4 is 0 Å². The van der Waals surface area contributed by atoms with E-state index in [1.807, 2.05) is 78.9 Å². The number of aromatic nitrogens is 2. The molecular weight excluding hydrogens is 532 g/mol. The van der Waals surface area contributed by atoms with Crippen LogP contribution in [0.1, 0.15) is 6.85 Å². The lowest BCUT2D eigenvalue weighted by Gasteiger charge is -2.15. The maximum Gasteiger partial charge on any atom is 0.160 e. The largest absolute Gasteiger partial charge is 0.228 e. The molecule has 0 bridgehead atoms. The number of fused-ring (bicyclic) bond motifs is 2. The van der Waals surface area contributed by atoms with Crippen molar-refractivity contribution < 1.29 is 6.85 Å². The molecule has 1 heterocycles. The predicted octanol–water partition coefficient (Wildman–Crippen LogP) is 11.1. The molecule has 0 radical (unpaired) electrons. The van der Waals surface area contributed by atoms with E-state index in [0.717, 1.165) is 54.9 Å². The van der Waals surface area contributed by atoms with Crippen LogP contribution in [0.25, 0.3) is 77.7 Å². The Morgan fingerprint density at radius 3 is 1.20 bits per heavy atom. The third-order valence-electron chi connectivity index (χ3n) is 8.02. The number of nitrogens with zero attached hydrogens (tertiary/aromatic N) is 2. The fraction of sp³-hybridized carbons (Fsp3) is 0. The first-order chi connectivity index (χ1) is 23.9. The highest BCUT2D eigenvalue weighted by Crippen LogP contribution is 2.39. The van der Waals surface area contributed by atoms with Crippen LogP contribution in [0.3, 0.4) is 0 Å². The minimum atomic E-state index is -0.458. The first kappa shape index (κ1) is 20.9. The molecule has 0 aliphatic rings. The lowest BCUT2D eigenvalue weighted by molar-refractivity contribution is 1.19. The van der Waals surface area contributed by atoms with Gasteiger partial charge in [0.15, 0.2) is 5.82 Å². The molecule has 0 N–H and O–H groups in total. The molecule has 206 valence electrons. The van der Waals surface area contributed by atoms with Crippen LogP contribution in [0, 0.1) is 0 Å². The molecule has 1 aromatic heterocycles. The van der Waals surface area contributed by atoms with Crippen LogP contribution >= 0.6 is 0 Å². The average molecular weight is 566 g/mol. The summed E-state index contributed by atoms with van der Waals surface area (Å²) < 4.78 is 42.5. The van der Waals surface area contributed by atoms with Crippen molar-refractivity contribution in [1.82, 2.24) is 9.97 Å². The van der Waals surface area contributed by atoms with Gasteiger partial charge in [-0.1, -0.05) is 164 Å². The number of hydrogen-bond donors (Lipinski definition) is 0. The van der Waals surface area contributed by atoms with E-state index in [0.29, 0.717) is 11.4 Å². The SMILES string of the molecule is [2H]c1c([2H])c([2H])c(-c2nc(-c3ccc(-c4ccccc4)c4ccccc34)cc(-c3ccc(-c4ccccc4)c4ccccc34)n2)c([2H])c1[2H]. The van der Waals surface area contributed by atoms with E-state index < -0.39 is 18.1 Å². The molecule has 44 heavy (non-hydrogen) atoms. The third-order valence-corrected chi connectivity index (χ3v) is 8.02. The lowest BCUT2D eigenvalue weighted by atomic mass is 9.92. The maximum absolute atomic E-state index is 8.78. The minimum absolute atomic E-state index is 0.0375. The Hall–Kier alpha value is -5.86. The van der Waals surface area contributed by atoms with Crippen molar-refractivity contribution in [3.8, 4) is 56.2 Å². The Kier molecular flexibility index (Phi) is 5.27. The second-order valence-electron chi connectivity index (χ2n) is 10.6. The molecule has 0 aliphatic heterocycles. The summed E-state index contributed by atoms with van der Waals surface area (Å²) in [6.45, 7) is 0. The second kappa shape index (κ2) is 11.1. The molecule has 0 saturated carbocycles. The average Bonchev–Trinajstić information content (AvgIpc) is 3.16. The van der Waals surface area contributed by atoms with Gasteiger partial charge in [0.05, 0.1) is 18.2 Å².